The standard InChI is InChI=1S/C50H36N2/c1-50(2)44-22-11-9-20-40(44)41-26-24-37(30-45(41)50)47-32-38(31-46(51-47)33-14-5-3-6-15-33)35-17-13-16-34(28-35)36-25-27-49-43(29-36)42-21-10-12-23-48(42)52(49)39-18-7-4-8-19-39/h3-32H,1-2H3. The molecule has 0 N–H and O–H groups in total. The first-order valence-electron chi connectivity index (χ1n) is 18.0. The second kappa shape index (κ2) is 11.8. The summed E-state index contributed by atoms with van der Waals surface area (Å²) in [4.78, 5) is 5.29. The maximum absolute atomic E-state index is 5.29. The zero-order valence-corrected chi connectivity index (χ0v) is 29.2. The molecular formula is C50H36N2. The van der Waals surface area contributed by atoms with Crippen LogP contribution < -0.4 is 0 Å². The van der Waals surface area contributed by atoms with Gasteiger partial charge in [0.25, 0.3) is 0 Å². The summed E-state index contributed by atoms with van der Waals surface area (Å²) in [5, 5.41) is 2.51. The molecule has 0 atom stereocenters. The van der Waals surface area contributed by atoms with E-state index in [1.165, 1.54) is 66.4 Å². The van der Waals surface area contributed by atoms with Crippen molar-refractivity contribution in [3.8, 4) is 61.6 Å². The van der Waals surface area contributed by atoms with E-state index < -0.39 is 0 Å². The Morgan fingerprint density at radius 1 is 0.385 bits per heavy atom. The van der Waals surface area contributed by atoms with Gasteiger partial charge in [-0.15, -0.1) is 0 Å². The molecule has 1 aliphatic carbocycles. The highest BCUT2D eigenvalue weighted by atomic mass is 15.0. The van der Waals surface area contributed by atoms with Crippen LogP contribution in [0.2, 0.25) is 0 Å². The SMILES string of the molecule is CC1(C)c2ccccc2-c2ccc(-c3cc(-c4cccc(-c5ccc6c(c5)c5ccccc5n6-c5ccccc5)c4)cc(-c4ccccc4)n3)cc21. The molecule has 2 heteroatoms. The quantitative estimate of drug-likeness (QED) is 0.179. The first kappa shape index (κ1) is 30.3. The van der Waals surface area contributed by atoms with Crippen molar-refractivity contribution in [1.82, 2.24) is 9.55 Å². The average Bonchev–Trinajstić information content (AvgIpc) is 3.66. The summed E-state index contributed by atoms with van der Waals surface area (Å²) in [6.45, 7) is 4.67. The van der Waals surface area contributed by atoms with Gasteiger partial charge in [-0.1, -0.05) is 141 Å². The third-order valence-electron chi connectivity index (χ3n) is 11.0. The molecular weight excluding hydrogens is 629 g/mol. The largest absolute Gasteiger partial charge is 0.309 e. The normalized spacial score (nSPS) is 13.0. The predicted molar refractivity (Wildman–Crippen MR) is 218 cm³/mol. The Balaban J connectivity index is 1.10. The lowest BCUT2D eigenvalue weighted by Crippen LogP contribution is -2.14. The zero-order valence-electron chi connectivity index (χ0n) is 29.2. The molecule has 246 valence electrons. The summed E-state index contributed by atoms with van der Waals surface area (Å²) in [5.41, 5.74) is 17.8. The molecule has 10 rings (SSSR count). The molecule has 0 amide bonds. The van der Waals surface area contributed by atoms with E-state index in [0.717, 1.165) is 28.1 Å². The number of nitrogens with zero attached hydrogens (tertiary/aromatic N) is 2. The fourth-order valence-corrected chi connectivity index (χ4v) is 8.35. The molecule has 0 bridgehead atoms. The van der Waals surface area contributed by atoms with Crippen LogP contribution in [0, 0.1) is 0 Å². The Hall–Kier alpha value is -6.51. The first-order chi connectivity index (χ1) is 25.5. The molecule has 7 aromatic carbocycles. The second-order valence-electron chi connectivity index (χ2n) is 14.4. The minimum absolute atomic E-state index is 0.0787. The van der Waals surface area contributed by atoms with E-state index in [-0.39, 0.29) is 5.41 Å². The molecule has 2 nitrogen and oxygen atoms in total. The lowest BCUT2D eigenvalue weighted by molar-refractivity contribution is 0.660. The van der Waals surface area contributed by atoms with Crippen molar-refractivity contribution in [1.29, 1.82) is 0 Å². The van der Waals surface area contributed by atoms with E-state index in [1.807, 2.05) is 0 Å². The van der Waals surface area contributed by atoms with Gasteiger partial charge in [0, 0.05) is 33.0 Å². The maximum Gasteiger partial charge on any atom is 0.0715 e. The van der Waals surface area contributed by atoms with Gasteiger partial charge in [-0.2, -0.15) is 0 Å². The Bertz CT molecular complexity index is 2810. The number of hydrogen-bond donors (Lipinski definition) is 0. The topological polar surface area (TPSA) is 17.8 Å². The van der Waals surface area contributed by atoms with Gasteiger partial charge >= 0.3 is 0 Å². The summed E-state index contributed by atoms with van der Waals surface area (Å²) in [7, 11) is 0. The van der Waals surface area contributed by atoms with Crippen molar-refractivity contribution >= 4 is 21.8 Å². The van der Waals surface area contributed by atoms with Crippen molar-refractivity contribution in [3.05, 3.63) is 193 Å². The number of para-hydroxylation sites is 2. The fraction of sp³-hybridized carbons (Fsp3) is 0.0600. The van der Waals surface area contributed by atoms with Crippen molar-refractivity contribution in [2.75, 3.05) is 0 Å². The van der Waals surface area contributed by atoms with Gasteiger partial charge < -0.3 is 4.57 Å². The monoisotopic (exact) mass is 664 g/mol. The number of pyridine rings is 1. The van der Waals surface area contributed by atoms with Gasteiger partial charge in [0.2, 0.25) is 0 Å². The third kappa shape index (κ3) is 4.83. The molecule has 52 heavy (non-hydrogen) atoms. The molecule has 0 radical (unpaired) electrons. The van der Waals surface area contributed by atoms with Gasteiger partial charge in [-0.05, 0) is 99.1 Å². The molecule has 0 fully saturated rings. The number of fused-ring (bicyclic) bond motifs is 6. The highest BCUT2D eigenvalue weighted by molar-refractivity contribution is 6.10. The second-order valence-corrected chi connectivity index (χ2v) is 14.4. The summed E-state index contributed by atoms with van der Waals surface area (Å²) in [6.07, 6.45) is 0. The highest BCUT2D eigenvalue weighted by Gasteiger charge is 2.35. The minimum atomic E-state index is -0.0787. The van der Waals surface area contributed by atoms with Crippen LogP contribution in [0.1, 0.15) is 25.0 Å². The smallest absolute Gasteiger partial charge is 0.0715 e. The first-order valence-corrected chi connectivity index (χ1v) is 18.0. The molecule has 9 aromatic rings. The fourth-order valence-electron chi connectivity index (χ4n) is 8.35. The predicted octanol–water partition coefficient (Wildman–Crippen LogP) is 13.2. The Kier molecular flexibility index (Phi) is 6.87. The molecule has 0 saturated carbocycles. The van der Waals surface area contributed by atoms with Crippen LogP contribution in [0.4, 0.5) is 0 Å². The molecule has 1 aliphatic rings. The van der Waals surface area contributed by atoms with Crippen molar-refractivity contribution < 1.29 is 0 Å². The van der Waals surface area contributed by atoms with E-state index in [1.54, 1.807) is 0 Å². The molecule has 2 heterocycles. The van der Waals surface area contributed by atoms with Crippen LogP contribution in [-0.2, 0) is 5.41 Å². The van der Waals surface area contributed by atoms with Crippen LogP contribution in [0.25, 0.3) is 83.4 Å². The van der Waals surface area contributed by atoms with Crippen LogP contribution in [0.15, 0.2) is 182 Å². The van der Waals surface area contributed by atoms with Gasteiger partial charge in [0.05, 0.1) is 22.4 Å². The lowest BCUT2D eigenvalue weighted by atomic mass is 9.82. The van der Waals surface area contributed by atoms with Crippen molar-refractivity contribution in [3.63, 3.8) is 0 Å². The minimum Gasteiger partial charge on any atom is -0.309 e. The molecule has 0 unspecified atom stereocenters. The Morgan fingerprint density at radius 3 is 1.81 bits per heavy atom. The van der Waals surface area contributed by atoms with Crippen LogP contribution >= 0.6 is 0 Å². The molecule has 0 spiro atoms. The summed E-state index contributed by atoms with van der Waals surface area (Å²) in [6, 6.07) is 66.0. The van der Waals surface area contributed by atoms with Gasteiger partial charge in [0.15, 0.2) is 0 Å². The summed E-state index contributed by atoms with van der Waals surface area (Å²) < 4.78 is 2.37. The van der Waals surface area contributed by atoms with Crippen molar-refractivity contribution in [2.24, 2.45) is 0 Å². The number of benzene rings is 7. The Labute approximate surface area is 304 Å². The van der Waals surface area contributed by atoms with Crippen LogP contribution in [-0.4, -0.2) is 9.55 Å². The van der Waals surface area contributed by atoms with E-state index in [2.05, 4.69) is 200 Å². The van der Waals surface area contributed by atoms with E-state index in [0.29, 0.717) is 0 Å². The third-order valence-corrected chi connectivity index (χ3v) is 11.0. The van der Waals surface area contributed by atoms with Gasteiger partial charge in [-0.3, -0.25) is 0 Å². The van der Waals surface area contributed by atoms with Crippen LogP contribution in [0.5, 0.6) is 0 Å². The highest BCUT2D eigenvalue weighted by Crippen LogP contribution is 2.49. The molecule has 2 aromatic heterocycles. The summed E-state index contributed by atoms with van der Waals surface area (Å²) >= 11 is 0. The van der Waals surface area contributed by atoms with Crippen LogP contribution in [0.3, 0.4) is 0 Å². The van der Waals surface area contributed by atoms with Gasteiger partial charge in [0.1, 0.15) is 0 Å². The number of rotatable bonds is 5. The molecule has 0 saturated heterocycles. The van der Waals surface area contributed by atoms with E-state index in [9.17, 15) is 0 Å². The number of hydrogen-bond acceptors (Lipinski definition) is 1. The molecule has 0 aliphatic heterocycles. The van der Waals surface area contributed by atoms with E-state index in [4.69, 9.17) is 4.98 Å². The Morgan fingerprint density at radius 2 is 0.981 bits per heavy atom. The zero-order chi connectivity index (χ0) is 34.8. The lowest BCUT2D eigenvalue weighted by Gasteiger charge is -2.22. The maximum atomic E-state index is 5.29. The van der Waals surface area contributed by atoms with Gasteiger partial charge in [-0.25, -0.2) is 4.98 Å². The van der Waals surface area contributed by atoms with E-state index >= 15 is 0 Å². The summed E-state index contributed by atoms with van der Waals surface area (Å²) in [5.74, 6) is 0. The average molecular weight is 665 g/mol. The number of aromatic nitrogens is 2. The van der Waals surface area contributed by atoms with Crippen molar-refractivity contribution in [2.45, 2.75) is 19.3 Å².